The third-order valence-corrected chi connectivity index (χ3v) is 5.80. The molecule has 0 unspecified atom stereocenters. The van der Waals surface area contributed by atoms with Gasteiger partial charge in [-0.3, -0.25) is 4.79 Å². The number of halogens is 1. The Labute approximate surface area is 148 Å². The molecule has 0 spiro atoms. The van der Waals surface area contributed by atoms with Gasteiger partial charge in [-0.15, -0.1) is 23.7 Å². The Balaban J connectivity index is 0.00000192. The molecule has 1 heterocycles. The van der Waals surface area contributed by atoms with E-state index in [-0.39, 0.29) is 18.3 Å². The molecule has 0 aliphatic heterocycles. The van der Waals surface area contributed by atoms with Gasteiger partial charge in [0.25, 0.3) is 0 Å². The Morgan fingerprint density at radius 1 is 1.30 bits per heavy atom. The summed E-state index contributed by atoms with van der Waals surface area (Å²) >= 11 is 1.73. The topological polar surface area (TPSA) is 32.3 Å². The van der Waals surface area contributed by atoms with Crippen molar-refractivity contribution >= 4 is 39.7 Å². The van der Waals surface area contributed by atoms with E-state index in [1.54, 1.807) is 11.3 Å². The molecule has 1 aromatic carbocycles. The summed E-state index contributed by atoms with van der Waals surface area (Å²) in [4.78, 5) is 14.7. The molecule has 1 N–H and O–H groups in total. The summed E-state index contributed by atoms with van der Waals surface area (Å²) < 4.78 is 1.26. The average Bonchev–Trinajstić information content (AvgIpc) is 3.03. The highest BCUT2D eigenvalue weighted by molar-refractivity contribution is 7.17. The van der Waals surface area contributed by atoms with Crippen molar-refractivity contribution in [2.45, 2.75) is 44.2 Å². The van der Waals surface area contributed by atoms with Crippen molar-refractivity contribution in [3.63, 3.8) is 0 Å². The molecule has 1 fully saturated rings. The number of benzene rings is 1. The molecule has 2 atom stereocenters. The van der Waals surface area contributed by atoms with Crippen LogP contribution in [-0.2, 0) is 11.2 Å². The fourth-order valence-electron chi connectivity index (χ4n) is 3.60. The summed E-state index contributed by atoms with van der Waals surface area (Å²) in [5.41, 5.74) is 1.15. The zero-order valence-electron chi connectivity index (χ0n) is 13.7. The van der Waals surface area contributed by atoms with Crippen LogP contribution in [0.4, 0.5) is 0 Å². The number of nitrogens with zero attached hydrogens (tertiary/aromatic N) is 1. The normalized spacial score (nSPS) is 21.0. The highest BCUT2D eigenvalue weighted by atomic mass is 35.5. The Kier molecular flexibility index (Phi) is 6.45. The summed E-state index contributed by atoms with van der Waals surface area (Å²) in [6.45, 7) is 0. The van der Waals surface area contributed by atoms with Crippen molar-refractivity contribution in [2.75, 3.05) is 14.1 Å². The molecule has 3 nitrogen and oxygen atoms in total. The van der Waals surface area contributed by atoms with E-state index in [0.717, 1.165) is 12.0 Å². The number of hydrogen-bond acceptors (Lipinski definition) is 3. The van der Waals surface area contributed by atoms with E-state index in [4.69, 9.17) is 0 Å². The van der Waals surface area contributed by atoms with E-state index in [0.29, 0.717) is 18.5 Å². The van der Waals surface area contributed by atoms with Crippen LogP contribution in [0, 0.1) is 0 Å². The quantitative estimate of drug-likeness (QED) is 0.906. The number of amides is 1. The van der Waals surface area contributed by atoms with E-state index in [9.17, 15) is 4.79 Å². The highest BCUT2D eigenvalue weighted by Crippen LogP contribution is 2.26. The number of carbonyl (C=O) groups excluding carboxylic acids is 1. The molecule has 23 heavy (non-hydrogen) atoms. The number of fused-ring (bicyclic) bond motifs is 1. The number of likely N-dealkylation sites (N-methyl/N-ethyl adjacent to an activating group) is 2. The lowest BCUT2D eigenvalue weighted by molar-refractivity contribution is -0.132. The fraction of sp³-hybridized carbons (Fsp3) is 0.500. The zero-order valence-corrected chi connectivity index (χ0v) is 15.4. The number of nitrogens with one attached hydrogen (secondary N) is 1. The van der Waals surface area contributed by atoms with Gasteiger partial charge >= 0.3 is 0 Å². The molecule has 1 saturated carbocycles. The minimum Gasteiger partial charge on any atom is -0.341 e. The lowest BCUT2D eigenvalue weighted by atomic mass is 9.89. The van der Waals surface area contributed by atoms with Gasteiger partial charge in [0, 0.05) is 23.8 Å². The predicted molar refractivity (Wildman–Crippen MR) is 101 cm³/mol. The molecule has 2 aromatic rings. The molecule has 1 aliphatic carbocycles. The minimum absolute atomic E-state index is 0. The Morgan fingerprint density at radius 3 is 2.87 bits per heavy atom. The Bertz CT molecular complexity index is 657. The summed E-state index contributed by atoms with van der Waals surface area (Å²) in [5.74, 6) is 0.228. The van der Waals surface area contributed by atoms with Crippen molar-refractivity contribution in [1.82, 2.24) is 10.2 Å². The smallest absolute Gasteiger partial charge is 0.227 e. The third-order valence-electron chi connectivity index (χ3n) is 4.92. The van der Waals surface area contributed by atoms with Crippen LogP contribution in [0.25, 0.3) is 10.1 Å². The van der Waals surface area contributed by atoms with Gasteiger partial charge in [0.1, 0.15) is 0 Å². The lowest BCUT2D eigenvalue weighted by Gasteiger charge is -2.38. The van der Waals surface area contributed by atoms with E-state index < -0.39 is 0 Å². The molecule has 3 rings (SSSR count). The van der Waals surface area contributed by atoms with Gasteiger partial charge in [-0.25, -0.2) is 0 Å². The molecule has 0 saturated heterocycles. The van der Waals surface area contributed by atoms with Crippen LogP contribution < -0.4 is 5.32 Å². The molecular weight excluding hydrogens is 328 g/mol. The first-order chi connectivity index (χ1) is 10.7. The molecule has 1 aliphatic rings. The van der Waals surface area contributed by atoms with Crippen LogP contribution in [0.3, 0.4) is 0 Å². The predicted octanol–water partition coefficient (Wildman–Crippen LogP) is 3.85. The highest BCUT2D eigenvalue weighted by Gasteiger charge is 2.29. The standard InChI is InChI=1S/C18H24N2OS.ClH/c1-19-15-7-3-4-8-16(15)20(2)18(21)12-13-6-5-9-17-14(13)10-11-22-17;/h5-6,9-11,15-16,19H,3-4,7-8,12H2,1-2H3;1H/t15-,16-;/m1./s1. The molecule has 1 amide bonds. The first-order valence-electron chi connectivity index (χ1n) is 8.08. The molecule has 0 bridgehead atoms. The van der Waals surface area contributed by atoms with Crippen molar-refractivity contribution < 1.29 is 4.79 Å². The van der Waals surface area contributed by atoms with Crippen LogP contribution in [0.1, 0.15) is 31.2 Å². The van der Waals surface area contributed by atoms with Crippen molar-refractivity contribution in [2.24, 2.45) is 0 Å². The molecule has 1 aromatic heterocycles. The van der Waals surface area contributed by atoms with Gasteiger partial charge in [-0.2, -0.15) is 0 Å². The molecular formula is C18H25ClN2OS. The monoisotopic (exact) mass is 352 g/mol. The largest absolute Gasteiger partial charge is 0.341 e. The molecule has 5 heteroatoms. The first kappa shape index (κ1) is 18.2. The van der Waals surface area contributed by atoms with Crippen LogP contribution in [0.5, 0.6) is 0 Å². The van der Waals surface area contributed by atoms with Gasteiger partial charge < -0.3 is 10.2 Å². The summed E-state index contributed by atoms with van der Waals surface area (Å²) in [6, 6.07) is 9.14. The number of thiophene rings is 1. The van der Waals surface area contributed by atoms with Gasteiger partial charge in [0.05, 0.1) is 6.42 Å². The maximum absolute atomic E-state index is 12.7. The fourth-order valence-corrected chi connectivity index (χ4v) is 4.43. The number of rotatable bonds is 4. The van der Waals surface area contributed by atoms with Crippen LogP contribution >= 0.6 is 23.7 Å². The van der Waals surface area contributed by atoms with Gasteiger partial charge in [-0.1, -0.05) is 25.0 Å². The third kappa shape index (κ3) is 3.87. The van der Waals surface area contributed by atoms with Crippen molar-refractivity contribution in [3.8, 4) is 0 Å². The van der Waals surface area contributed by atoms with Crippen molar-refractivity contribution in [1.29, 1.82) is 0 Å². The summed E-state index contributed by atoms with van der Waals surface area (Å²) in [5, 5.41) is 6.71. The molecule has 0 radical (unpaired) electrons. The van der Waals surface area contributed by atoms with Gasteiger partial charge in [0.2, 0.25) is 5.91 Å². The number of carbonyl (C=O) groups is 1. The Morgan fingerprint density at radius 2 is 2.09 bits per heavy atom. The average molecular weight is 353 g/mol. The van der Waals surface area contributed by atoms with Crippen LogP contribution in [-0.4, -0.2) is 37.0 Å². The van der Waals surface area contributed by atoms with E-state index in [1.807, 2.05) is 19.0 Å². The van der Waals surface area contributed by atoms with Crippen molar-refractivity contribution in [3.05, 3.63) is 35.2 Å². The number of hydrogen-bond donors (Lipinski definition) is 1. The van der Waals surface area contributed by atoms with E-state index in [1.165, 1.54) is 29.3 Å². The Hall–Kier alpha value is -1.10. The van der Waals surface area contributed by atoms with E-state index >= 15 is 0 Å². The maximum Gasteiger partial charge on any atom is 0.227 e. The van der Waals surface area contributed by atoms with Crippen LogP contribution in [0.15, 0.2) is 29.6 Å². The molecule has 126 valence electrons. The van der Waals surface area contributed by atoms with Crippen LogP contribution in [0.2, 0.25) is 0 Å². The first-order valence-corrected chi connectivity index (χ1v) is 8.96. The minimum atomic E-state index is 0. The SMILES string of the molecule is CN[C@@H]1CCCC[C@H]1N(C)C(=O)Cc1cccc2sccc12.Cl. The summed E-state index contributed by atoms with van der Waals surface area (Å²) in [6.07, 6.45) is 5.26. The zero-order chi connectivity index (χ0) is 15.5. The van der Waals surface area contributed by atoms with Gasteiger partial charge in [0.15, 0.2) is 0 Å². The second-order valence-electron chi connectivity index (χ2n) is 6.18. The van der Waals surface area contributed by atoms with Gasteiger partial charge in [-0.05, 0) is 48.4 Å². The van der Waals surface area contributed by atoms with E-state index in [2.05, 4.69) is 35.0 Å². The second kappa shape index (κ2) is 8.13. The second-order valence-corrected chi connectivity index (χ2v) is 7.13. The summed E-state index contributed by atoms with van der Waals surface area (Å²) in [7, 11) is 3.98. The lowest BCUT2D eigenvalue weighted by Crippen LogP contribution is -2.51. The maximum atomic E-state index is 12.7.